The summed E-state index contributed by atoms with van der Waals surface area (Å²) in [5.74, 6) is 1.53. The summed E-state index contributed by atoms with van der Waals surface area (Å²) in [6, 6.07) is 0. The molecule has 0 aromatic carbocycles. The molecule has 0 aliphatic carbocycles. The van der Waals surface area contributed by atoms with E-state index in [2.05, 4.69) is 0 Å². The third-order valence-corrected chi connectivity index (χ3v) is 4.25. The summed E-state index contributed by atoms with van der Waals surface area (Å²) in [5, 5.41) is 0. The molecule has 1 heterocycles. The molecule has 1 atom stereocenters. The third-order valence-electron chi connectivity index (χ3n) is 2.31. The quantitative estimate of drug-likeness (QED) is 0.734. The molecular weight excluding hydrogens is 174 g/mol. The molecule has 1 aliphatic rings. The lowest BCUT2D eigenvalue weighted by molar-refractivity contribution is 0.0725. The van der Waals surface area contributed by atoms with E-state index in [0.29, 0.717) is 17.4 Å². The van der Waals surface area contributed by atoms with Crippen LogP contribution in [0.4, 0.5) is 0 Å². The Balaban J connectivity index is 2.39. The number of rotatable bonds is 3. The molecule has 0 bridgehead atoms. The van der Waals surface area contributed by atoms with Gasteiger partial charge in [-0.1, -0.05) is 6.92 Å². The van der Waals surface area contributed by atoms with Crippen molar-refractivity contribution in [3.8, 4) is 0 Å². The summed E-state index contributed by atoms with van der Waals surface area (Å²) in [7, 11) is -2.27. The Labute approximate surface area is 74.5 Å². The number of ether oxygens (including phenoxy) is 1. The second kappa shape index (κ2) is 4.23. The summed E-state index contributed by atoms with van der Waals surface area (Å²) in [5.41, 5.74) is 0. The highest BCUT2D eigenvalue weighted by molar-refractivity contribution is 7.92. The fourth-order valence-corrected chi connectivity index (χ4v) is 2.74. The molecule has 4 heteroatoms. The third kappa shape index (κ3) is 3.11. The Morgan fingerprint density at radius 1 is 1.50 bits per heavy atom. The molecule has 12 heavy (non-hydrogen) atoms. The molecule has 1 N–H and O–H groups in total. The van der Waals surface area contributed by atoms with E-state index in [9.17, 15) is 4.21 Å². The van der Waals surface area contributed by atoms with Gasteiger partial charge in [-0.25, -0.2) is 4.21 Å². The molecule has 0 radical (unpaired) electrons. The topological polar surface area (TPSA) is 50.2 Å². The van der Waals surface area contributed by atoms with Crippen molar-refractivity contribution >= 4 is 9.73 Å². The van der Waals surface area contributed by atoms with Crippen molar-refractivity contribution in [3.05, 3.63) is 0 Å². The number of nitrogens with one attached hydrogen (secondary N) is 1. The van der Waals surface area contributed by atoms with Crippen molar-refractivity contribution in [2.45, 2.75) is 19.8 Å². The molecule has 3 nitrogen and oxygen atoms in total. The molecule has 72 valence electrons. The Kier molecular flexibility index (Phi) is 3.53. The van der Waals surface area contributed by atoms with Crippen molar-refractivity contribution in [3.63, 3.8) is 0 Å². The molecule has 0 aromatic rings. The molecule has 0 aromatic heterocycles. The van der Waals surface area contributed by atoms with E-state index < -0.39 is 9.73 Å². The first-order valence-electron chi connectivity index (χ1n) is 4.46. The second-order valence-corrected chi connectivity index (χ2v) is 5.86. The van der Waals surface area contributed by atoms with Gasteiger partial charge in [0.25, 0.3) is 0 Å². The van der Waals surface area contributed by atoms with E-state index >= 15 is 0 Å². The van der Waals surface area contributed by atoms with Gasteiger partial charge in [0, 0.05) is 34.4 Å². The normalized spacial score (nSPS) is 25.1. The van der Waals surface area contributed by atoms with Crippen molar-refractivity contribution in [2.75, 3.05) is 24.7 Å². The maximum Gasteiger partial charge on any atom is 0.0469 e. The molecule has 0 saturated carbocycles. The van der Waals surface area contributed by atoms with Crippen molar-refractivity contribution in [1.82, 2.24) is 0 Å². The van der Waals surface area contributed by atoms with Crippen LogP contribution in [0.5, 0.6) is 0 Å². The predicted octanol–water partition coefficient (Wildman–Crippen LogP) is 1.48. The molecule has 1 saturated heterocycles. The van der Waals surface area contributed by atoms with Gasteiger partial charge in [-0.15, -0.1) is 0 Å². The van der Waals surface area contributed by atoms with Crippen LogP contribution in [0.25, 0.3) is 0 Å². The van der Waals surface area contributed by atoms with E-state index in [4.69, 9.17) is 9.52 Å². The summed E-state index contributed by atoms with van der Waals surface area (Å²) >= 11 is 0. The van der Waals surface area contributed by atoms with Crippen LogP contribution in [0.15, 0.2) is 0 Å². The van der Waals surface area contributed by atoms with Crippen LogP contribution in [0.1, 0.15) is 19.8 Å². The van der Waals surface area contributed by atoms with Gasteiger partial charge in [0.15, 0.2) is 0 Å². The lowest BCUT2D eigenvalue weighted by atomic mass is 10.0. The first-order chi connectivity index (χ1) is 5.64. The van der Waals surface area contributed by atoms with Gasteiger partial charge in [0.05, 0.1) is 0 Å². The predicted molar refractivity (Wildman–Crippen MR) is 49.8 cm³/mol. The Hall–Kier alpha value is -0.0900. The van der Waals surface area contributed by atoms with E-state index in [1.165, 1.54) is 0 Å². The molecular formula is C8H17NO2S. The largest absolute Gasteiger partial charge is 0.381 e. The average molecular weight is 191 g/mol. The van der Waals surface area contributed by atoms with Crippen LogP contribution < -0.4 is 0 Å². The lowest BCUT2D eigenvalue weighted by Crippen LogP contribution is -2.23. The smallest absolute Gasteiger partial charge is 0.0469 e. The van der Waals surface area contributed by atoms with Crippen LogP contribution in [0.2, 0.25) is 0 Å². The molecule has 1 unspecified atom stereocenters. The molecule has 0 spiro atoms. The van der Waals surface area contributed by atoms with Gasteiger partial charge in [0.1, 0.15) is 0 Å². The number of hydrogen-bond donors (Lipinski definition) is 1. The molecule has 1 rings (SSSR count). The first-order valence-corrected chi connectivity index (χ1v) is 6.35. The molecule has 1 aliphatic heterocycles. The average Bonchev–Trinajstić information content (AvgIpc) is 2.06. The zero-order chi connectivity index (χ0) is 9.03. The van der Waals surface area contributed by atoms with Gasteiger partial charge < -0.3 is 4.74 Å². The summed E-state index contributed by atoms with van der Waals surface area (Å²) in [6.45, 7) is 3.39. The molecule has 1 fully saturated rings. The summed E-state index contributed by atoms with van der Waals surface area (Å²) < 4.78 is 24.1. The summed E-state index contributed by atoms with van der Waals surface area (Å²) in [4.78, 5) is 0. The van der Waals surface area contributed by atoms with E-state index in [1.54, 1.807) is 0 Å². The van der Waals surface area contributed by atoms with E-state index in [-0.39, 0.29) is 0 Å². The SMILES string of the molecule is CCS(=N)(=O)CC1CCOCC1. The molecule has 0 amide bonds. The standard InChI is InChI=1S/C8H17NO2S/c1-2-12(9,10)7-8-3-5-11-6-4-8/h8-9H,2-7H2,1H3. The van der Waals surface area contributed by atoms with Gasteiger partial charge in [-0.2, -0.15) is 0 Å². The van der Waals surface area contributed by atoms with Crippen LogP contribution in [-0.2, 0) is 14.5 Å². The zero-order valence-corrected chi connectivity index (χ0v) is 8.36. The zero-order valence-electron chi connectivity index (χ0n) is 7.54. The highest BCUT2D eigenvalue weighted by Crippen LogP contribution is 2.17. The Morgan fingerprint density at radius 2 is 2.08 bits per heavy atom. The van der Waals surface area contributed by atoms with E-state index in [0.717, 1.165) is 26.1 Å². The minimum Gasteiger partial charge on any atom is -0.381 e. The fraction of sp³-hybridized carbons (Fsp3) is 1.00. The highest BCUT2D eigenvalue weighted by Gasteiger charge is 2.17. The minimum atomic E-state index is -2.27. The van der Waals surface area contributed by atoms with Crippen LogP contribution in [0, 0.1) is 10.7 Å². The van der Waals surface area contributed by atoms with Gasteiger partial charge in [0.2, 0.25) is 0 Å². The maximum absolute atomic E-state index is 11.4. The maximum atomic E-state index is 11.4. The Bertz CT molecular complexity index is 217. The van der Waals surface area contributed by atoms with Crippen molar-refractivity contribution in [2.24, 2.45) is 5.92 Å². The van der Waals surface area contributed by atoms with Crippen LogP contribution in [-0.4, -0.2) is 28.9 Å². The van der Waals surface area contributed by atoms with Crippen LogP contribution >= 0.6 is 0 Å². The van der Waals surface area contributed by atoms with Gasteiger partial charge >= 0.3 is 0 Å². The Morgan fingerprint density at radius 3 is 2.58 bits per heavy atom. The minimum absolute atomic E-state index is 0.462. The van der Waals surface area contributed by atoms with Crippen molar-refractivity contribution in [1.29, 1.82) is 4.78 Å². The summed E-state index contributed by atoms with van der Waals surface area (Å²) in [6.07, 6.45) is 1.96. The van der Waals surface area contributed by atoms with Crippen molar-refractivity contribution < 1.29 is 8.95 Å². The van der Waals surface area contributed by atoms with E-state index in [1.807, 2.05) is 6.92 Å². The fourth-order valence-electron chi connectivity index (χ4n) is 1.41. The second-order valence-electron chi connectivity index (χ2n) is 3.32. The highest BCUT2D eigenvalue weighted by atomic mass is 32.2. The number of hydrogen-bond acceptors (Lipinski definition) is 3. The monoisotopic (exact) mass is 191 g/mol. The van der Waals surface area contributed by atoms with Gasteiger partial charge in [-0.05, 0) is 18.8 Å². The lowest BCUT2D eigenvalue weighted by Gasteiger charge is -2.22. The first kappa shape index (κ1) is 9.99. The van der Waals surface area contributed by atoms with Crippen LogP contribution in [0.3, 0.4) is 0 Å². The van der Waals surface area contributed by atoms with Gasteiger partial charge in [-0.3, -0.25) is 4.78 Å².